The van der Waals surface area contributed by atoms with Crippen LogP contribution in [0.1, 0.15) is 348 Å². The molecular formula is C70H129NO3. The highest BCUT2D eigenvalue weighted by molar-refractivity contribution is 5.76. The maximum Gasteiger partial charge on any atom is 0.220 e. The van der Waals surface area contributed by atoms with Gasteiger partial charge in [0.2, 0.25) is 5.91 Å². The van der Waals surface area contributed by atoms with Crippen molar-refractivity contribution in [1.82, 2.24) is 5.32 Å². The molecule has 2 atom stereocenters. The number of hydrogen-bond donors (Lipinski definition) is 3. The minimum Gasteiger partial charge on any atom is -0.394 e. The Morgan fingerprint density at radius 1 is 0.338 bits per heavy atom. The van der Waals surface area contributed by atoms with E-state index in [4.69, 9.17) is 0 Å². The predicted octanol–water partition coefficient (Wildman–Crippen LogP) is 22.5. The van der Waals surface area contributed by atoms with Gasteiger partial charge in [0.25, 0.3) is 0 Å². The summed E-state index contributed by atoms with van der Waals surface area (Å²) in [5.74, 6) is -0.0578. The summed E-state index contributed by atoms with van der Waals surface area (Å²) < 4.78 is 0. The molecule has 0 rings (SSSR count). The van der Waals surface area contributed by atoms with Gasteiger partial charge in [0.05, 0.1) is 18.8 Å². The van der Waals surface area contributed by atoms with Crippen LogP contribution >= 0.6 is 0 Å². The first-order valence-electron chi connectivity index (χ1n) is 33.2. The Labute approximate surface area is 463 Å². The standard InChI is InChI=1S/C70H129NO3/c1-3-5-7-9-11-13-15-17-19-21-23-25-26-27-28-29-30-31-32-33-34-35-36-37-38-39-40-41-42-43-44-46-48-50-52-54-56-58-60-62-64-66-70(74)71-68(67-72)69(73)65-63-61-59-57-55-53-51-49-47-45-24-22-20-18-16-14-12-10-8-6-4-2/h5,7,11,13,17,19,23,25,27-28,63,65,68-69,72-73H,3-4,6,8-10,12,14-16,18,20-22,24,26,29-62,64,66-67H2,1-2H3,(H,71,74)/b7-5-,13-11-,19-17-,25-23-,28-27-,65-63+. The van der Waals surface area contributed by atoms with E-state index in [0.29, 0.717) is 6.42 Å². The first kappa shape index (κ1) is 71.8. The van der Waals surface area contributed by atoms with Crippen molar-refractivity contribution in [3.63, 3.8) is 0 Å². The summed E-state index contributed by atoms with van der Waals surface area (Å²) in [6.07, 6.45) is 94.0. The van der Waals surface area contributed by atoms with Crippen molar-refractivity contribution in [2.45, 2.75) is 360 Å². The smallest absolute Gasteiger partial charge is 0.220 e. The van der Waals surface area contributed by atoms with Gasteiger partial charge in [-0.15, -0.1) is 0 Å². The Kier molecular flexibility index (Phi) is 63.2. The van der Waals surface area contributed by atoms with Gasteiger partial charge in [-0.25, -0.2) is 0 Å². The molecule has 0 saturated carbocycles. The molecule has 1 amide bonds. The van der Waals surface area contributed by atoms with Gasteiger partial charge in [0.15, 0.2) is 0 Å². The van der Waals surface area contributed by atoms with E-state index in [1.807, 2.05) is 6.08 Å². The SMILES string of the molecule is CC/C=C\C/C=C\C/C=C\C/C=C\C/C=C\CCCCCCCCCCCCCCCCCCCCCCCCCCCC(=O)NC(CO)C(O)/C=C/CCCCCCCCCCCCCCCCCCCCC. The van der Waals surface area contributed by atoms with Crippen molar-refractivity contribution in [2.75, 3.05) is 6.61 Å². The summed E-state index contributed by atoms with van der Waals surface area (Å²) >= 11 is 0. The molecule has 0 radical (unpaired) electrons. The first-order chi connectivity index (χ1) is 36.7. The highest BCUT2D eigenvalue weighted by atomic mass is 16.3. The summed E-state index contributed by atoms with van der Waals surface area (Å²) in [6, 6.07) is -0.623. The van der Waals surface area contributed by atoms with Crippen molar-refractivity contribution in [2.24, 2.45) is 0 Å². The second-order valence-corrected chi connectivity index (χ2v) is 22.5. The molecule has 0 aliphatic heterocycles. The van der Waals surface area contributed by atoms with Crippen LogP contribution in [0, 0.1) is 0 Å². The number of nitrogens with one attached hydrogen (secondary N) is 1. The fourth-order valence-corrected chi connectivity index (χ4v) is 10.2. The van der Waals surface area contributed by atoms with Crippen molar-refractivity contribution in [1.29, 1.82) is 0 Å². The zero-order valence-corrected chi connectivity index (χ0v) is 49.9. The van der Waals surface area contributed by atoms with Gasteiger partial charge in [-0.3, -0.25) is 4.79 Å². The molecule has 0 heterocycles. The zero-order chi connectivity index (χ0) is 53.4. The van der Waals surface area contributed by atoms with E-state index in [0.717, 1.165) is 57.8 Å². The number of unbranched alkanes of at least 4 members (excludes halogenated alkanes) is 44. The number of carbonyl (C=O) groups is 1. The van der Waals surface area contributed by atoms with E-state index in [-0.39, 0.29) is 12.5 Å². The molecule has 0 bridgehead atoms. The molecule has 0 aliphatic carbocycles. The van der Waals surface area contributed by atoms with Crippen LogP contribution in [-0.4, -0.2) is 34.9 Å². The second kappa shape index (κ2) is 65.1. The third kappa shape index (κ3) is 60.7. The van der Waals surface area contributed by atoms with Gasteiger partial charge in [-0.2, -0.15) is 0 Å². The Bertz CT molecular complexity index is 1260. The predicted molar refractivity (Wildman–Crippen MR) is 331 cm³/mol. The van der Waals surface area contributed by atoms with Crippen LogP contribution in [0.25, 0.3) is 0 Å². The fourth-order valence-electron chi connectivity index (χ4n) is 10.2. The highest BCUT2D eigenvalue weighted by Crippen LogP contribution is 2.18. The maximum absolute atomic E-state index is 12.5. The van der Waals surface area contributed by atoms with Gasteiger partial charge in [0, 0.05) is 6.42 Å². The number of hydrogen-bond acceptors (Lipinski definition) is 3. The second-order valence-electron chi connectivity index (χ2n) is 22.5. The molecule has 2 unspecified atom stereocenters. The van der Waals surface area contributed by atoms with E-state index < -0.39 is 12.1 Å². The van der Waals surface area contributed by atoms with Crippen LogP contribution in [0.5, 0.6) is 0 Å². The zero-order valence-electron chi connectivity index (χ0n) is 49.9. The Morgan fingerprint density at radius 3 is 0.892 bits per heavy atom. The molecule has 0 fully saturated rings. The van der Waals surface area contributed by atoms with Gasteiger partial charge in [-0.05, 0) is 64.2 Å². The van der Waals surface area contributed by atoms with Crippen LogP contribution in [-0.2, 0) is 4.79 Å². The van der Waals surface area contributed by atoms with Crippen LogP contribution in [0.15, 0.2) is 72.9 Å². The topological polar surface area (TPSA) is 69.6 Å². The van der Waals surface area contributed by atoms with Crippen molar-refractivity contribution in [3.05, 3.63) is 72.9 Å². The molecule has 0 aromatic rings. The highest BCUT2D eigenvalue weighted by Gasteiger charge is 2.18. The van der Waals surface area contributed by atoms with Gasteiger partial charge < -0.3 is 15.5 Å². The number of rotatable bonds is 61. The molecule has 0 aliphatic rings. The van der Waals surface area contributed by atoms with E-state index in [1.54, 1.807) is 6.08 Å². The number of allylic oxidation sites excluding steroid dienone is 11. The van der Waals surface area contributed by atoms with Crippen LogP contribution in [0.4, 0.5) is 0 Å². The molecular weight excluding hydrogens is 903 g/mol. The monoisotopic (exact) mass is 1030 g/mol. The maximum atomic E-state index is 12.5. The Balaban J connectivity index is 3.42. The Hall–Kier alpha value is -2.17. The van der Waals surface area contributed by atoms with Crippen LogP contribution < -0.4 is 5.32 Å². The number of carbonyl (C=O) groups excluding carboxylic acids is 1. The lowest BCUT2D eigenvalue weighted by Gasteiger charge is -2.20. The molecule has 0 spiro atoms. The first-order valence-corrected chi connectivity index (χ1v) is 33.2. The van der Waals surface area contributed by atoms with Gasteiger partial charge in [0.1, 0.15) is 0 Å². The summed E-state index contributed by atoms with van der Waals surface area (Å²) in [4.78, 5) is 12.5. The van der Waals surface area contributed by atoms with Crippen molar-refractivity contribution < 1.29 is 15.0 Å². The lowest BCUT2D eigenvalue weighted by Crippen LogP contribution is -2.45. The molecule has 4 nitrogen and oxygen atoms in total. The molecule has 0 aromatic heterocycles. The molecule has 0 saturated heterocycles. The largest absolute Gasteiger partial charge is 0.394 e. The summed E-state index contributed by atoms with van der Waals surface area (Å²) in [6.45, 7) is 4.23. The number of amides is 1. The van der Waals surface area contributed by atoms with Crippen molar-refractivity contribution in [3.8, 4) is 0 Å². The van der Waals surface area contributed by atoms with Gasteiger partial charge >= 0.3 is 0 Å². The lowest BCUT2D eigenvalue weighted by molar-refractivity contribution is -0.123. The van der Waals surface area contributed by atoms with Crippen LogP contribution in [0.2, 0.25) is 0 Å². The summed E-state index contributed by atoms with van der Waals surface area (Å²) in [5.41, 5.74) is 0. The quantitative estimate of drug-likeness (QED) is 0.0420. The molecule has 432 valence electrons. The molecule has 0 aromatic carbocycles. The molecule has 74 heavy (non-hydrogen) atoms. The minimum atomic E-state index is -0.840. The van der Waals surface area contributed by atoms with Crippen LogP contribution in [0.3, 0.4) is 0 Å². The third-order valence-corrected chi connectivity index (χ3v) is 15.2. The number of aliphatic hydroxyl groups is 2. The number of aliphatic hydroxyl groups excluding tert-OH is 2. The average Bonchev–Trinajstić information content (AvgIpc) is 3.40. The van der Waals surface area contributed by atoms with Crippen molar-refractivity contribution >= 4 is 5.91 Å². The van der Waals surface area contributed by atoms with E-state index in [9.17, 15) is 15.0 Å². The molecule has 3 N–H and O–H groups in total. The summed E-state index contributed by atoms with van der Waals surface area (Å²) in [7, 11) is 0. The Morgan fingerprint density at radius 2 is 0.595 bits per heavy atom. The van der Waals surface area contributed by atoms with E-state index in [1.165, 1.54) is 270 Å². The lowest BCUT2D eigenvalue weighted by atomic mass is 10.0. The third-order valence-electron chi connectivity index (χ3n) is 15.2. The summed E-state index contributed by atoms with van der Waals surface area (Å²) in [5, 5.41) is 23.2. The fraction of sp³-hybridized carbons (Fsp3) is 0.814. The van der Waals surface area contributed by atoms with E-state index >= 15 is 0 Å². The van der Waals surface area contributed by atoms with Gasteiger partial charge in [-0.1, -0.05) is 350 Å². The average molecular weight is 1030 g/mol. The normalized spacial score (nSPS) is 13.2. The van der Waals surface area contributed by atoms with E-state index in [2.05, 4.69) is 79.9 Å². The molecule has 4 heteroatoms. The minimum absolute atomic E-state index is 0.0578.